The van der Waals surface area contributed by atoms with Crippen molar-refractivity contribution in [2.45, 2.75) is 25.7 Å². The molecule has 2 rings (SSSR count). The van der Waals surface area contributed by atoms with Gasteiger partial charge in [0.15, 0.2) is 0 Å². The number of aromatic hydroxyl groups is 2. The Morgan fingerprint density at radius 1 is 0.810 bits per heavy atom. The van der Waals surface area contributed by atoms with E-state index in [0.29, 0.717) is 6.42 Å². The number of carbonyl (C=O) groups is 1. The SMILES string of the molecule is O=C(O)CCc1cc(O)cc(CCc2cccc(O)c2)c1. The van der Waals surface area contributed by atoms with Crippen LogP contribution in [0.2, 0.25) is 0 Å². The minimum absolute atomic E-state index is 0.0510. The van der Waals surface area contributed by atoms with E-state index in [4.69, 9.17) is 5.11 Å². The molecule has 0 spiro atoms. The van der Waals surface area contributed by atoms with E-state index in [1.165, 1.54) is 0 Å². The van der Waals surface area contributed by atoms with Crippen LogP contribution in [0.1, 0.15) is 23.1 Å². The van der Waals surface area contributed by atoms with Crippen molar-refractivity contribution in [3.63, 3.8) is 0 Å². The van der Waals surface area contributed by atoms with Gasteiger partial charge in [-0.2, -0.15) is 0 Å². The molecule has 0 aliphatic rings. The number of carboxylic acid groups (broad SMARTS) is 1. The van der Waals surface area contributed by atoms with Gasteiger partial charge in [-0.1, -0.05) is 18.2 Å². The number of aliphatic carboxylic acids is 1. The topological polar surface area (TPSA) is 77.8 Å². The van der Waals surface area contributed by atoms with Crippen molar-refractivity contribution in [2.75, 3.05) is 0 Å². The number of phenols is 2. The lowest BCUT2D eigenvalue weighted by Gasteiger charge is -2.07. The van der Waals surface area contributed by atoms with E-state index in [0.717, 1.165) is 29.5 Å². The van der Waals surface area contributed by atoms with E-state index in [9.17, 15) is 15.0 Å². The van der Waals surface area contributed by atoms with Crippen LogP contribution in [0.25, 0.3) is 0 Å². The third-order valence-electron chi connectivity index (χ3n) is 3.28. The second-order valence-electron chi connectivity index (χ2n) is 5.07. The highest BCUT2D eigenvalue weighted by Crippen LogP contribution is 2.19. The molecule has 0 saturated heterocycles. The Labute approximate surface area is 123 Å². The summed E-state index contributed by atoms with van der Waals surface area (Å²) < 4.78 is 0. The molecule has 0 bridgehead atoms. The van der Waals surface area contributed by atoms with Crippen LogP contribution in [0.5, 0.6) is 11.5 Å². The van der Waals surface area contributed by atoms with Crippen LogP contribution >= 0.6 is 0 Å². The van der Waals surface area contributed by atoms with Crippen LogP contribution in [0.3, 0.4) is 0 Å². The maximum absolute atomic E-state index is 10.6. The number of carboxylic acids is 1. The van der Waals surface area contributed by atoms with Crippen LogP contribution in [0.4, 0.5) is 0 Å². The van der Waals surface area contributed by atoms with Crippen molar-refractivity contribution in [3.8, 4) is 11.5 Å². The normalized spacial score (nSPS) is 10.5. The van der Waals surface area contributed by atoms with Gasteiger partial charge in [0.05, 0.1) is 0 Å². The summed E-state index contributed by atoms with van der Waals surface area (Å²) in [5.41, 5.74) is 2.80. The minimum Gasteiger partial charge on any atom is -0.508 e. The zero-order valence-electron chi connectivity index (χ0n) is 11.6. The Morgan fingerprint density at radius 2 is 1.43 bits per heavy atom. The number of hydrogen-bond donors (Lipinski definition) is 3. The van der Waals surface area contributed by atoms with E-state index < -0.39 is 5.97 Å². The summed E-state index contributed by atoms with van der Waals surface area (Å²) in [5.74, 6) is -0.450. The second-order valence-corrected chi connectivity index (χ2v) is 5.07. The lowest BCUT2D eigenvalue weighted by molar-refractivity contribution is -0.136. The number of hydrogen-bond acceptors (Lipinski definition) is 3. The van der Waals surface area contributed by atoms with Crippen molar-refractivity contribution in [1.82, 2.24) is 0 Å². The highest BCUT2D eigenvalue weighted by molar-refractivity contribution is 5.67. The molecule has 4 nitrogen and oxygen atoms in total. The predicted molar refractivity (Wildman–Crippen MR) is 79.6 cm³/mol. The number of benzene rings is 2. The zero-order valence-corrected chi connectivity index (χ0v) is 11.6. The van der Waals surface area contributed by atoms with E-state index in [1.54, 1.807) is 30.3 Å². The second kappa shape index (κ2) is 6.79. The van der Waals surface area contributed by atoms with Crippen LogP contribution in [0.15, 0.2) is 42.5 Å². The van der Waals surface area contributed by atoms with Gasteiger partial charge >= 0.3 is 5.97 Å². The molecule has 21 heavy (non-hydrogen) atoms. The maximum Gasteiger partial charge on any atom is 0.303 e. The average Bonchev–Trinajstić information content (AvgIpc) is 2.43. The number of phenolic OH excluding ortho intramolecular Hbond substituents is 2. The molecule has 0 radical (unpaired) electrons. The summed E-state index contributed by atoms with van der Waals surface area (Å²) in [6.45, 7) is 0. The molecular weight excluding hydrogens is 268 g/mol. The van der Waals surface area contributed by atoms with Crippen LogP contribution < -0.4 is 0 Å². The molecule has 110 valence electrons. The van der Waals surface area contributed by atoms with Crippen LogP contribution in [-0.4, -0.2) is 21.3 Å². The Balaban J connectivity index is 2.04. The predicted octanol–water partition coefficient (Wildman–Crippen LogP) is 2.90. The van der Waals surface area contributed by atoms with Crippen molar-refractivity contribution >= 4 is 5.97 Å². The van der Waals surface area contributed by atoms with E-state index in [1.807, 2.05) is 12.1 Å². The van der Waals surface area contributed by atoms with Crippen molar-refractivity contribution in [1.29, 1.82) is 0 Å². The van der Waals surface area contributed by atoms with Gasteiger partial charge in [0.1, 0.15) is 11.5 Å². The van der Waals surface area contributed by atoms with Gasteiger partial charge in [0.2, 0.25) is 0 Å². The third kappa shape index (κ3) is 4.84. The Bertz CT molecular complexity index is 634. The van der Waals surface area contributed by atoms with Gasteiger partial charge in [-0.3, -0.25) is 4.79 Å². The van der Waals surface area contributed by atoms with Gasteiger partial charge in [-0.25, -0.2) is 0 Å². The zero-order chi connectivity index (χ0) is 15.2. The van der Waals surface area contributed by atoms with Crippen molar-refractivity contribution in [2.24, 2.45) is 0 Å². The molecule has 2 aromatic rings. The minimum atomic E-state index is -0.848. The number of rotatable bonds is 6. The average molecular weight is 286 g/mol. The lowest BCUT2D eigenvalue weighted by atomic mass is 10.00. The van der Waals surface area contributed by atoms with Crippen molar-refractivity contribution < 1.29 is 20.1 Å². The molecule has 0 saturated carbocycles. The summed E-state index contributed by atoms with van der Waals surface area (Å²) in [4.78, 5) is 10.6. The molecule has 0 amide bonds. The summed E-state index contributed by atoms with van der Waals surface area (Å²) in [7, 11) is 0. The Hall–Kier alpha value is -2.49. The van der Waals surface area contributed by atoms with E-state index in [-0.39, 0.29) is 17.9 Å². The molecule has 0 fully saturated rings. The van der Waals surface area contributed by atoms with E-state index in [2.05, 4.69) is 0 Å². The van der Waals surface area contributed by atoms with Crippen LogP contribution in [-0.2, 0) is 24.1 Å². The monoisotopic (exact) mass is 286 g/mol. The number of aryl methyl sites for hydroxylation is 3. The highest BCUT2D eigenvalue weighted by atomic mass is 16.4. The molecule has 2 aromatic carbocycles. The molecule has 0 aliphatic carbocycles. The van der Waals surface area contributed by atoms with Gasteiger partial charge in [-0.05, 0) is 60.2 Å². The molecule has 4 heteroatoms. The Morgan fingerprint density at radius 3 is 2.10 bits per heavy atom. The van der Waals surface area contributed by atoms with E-state index >= 15 is 0 Å². The maximum atomic E-state index is 10.6. The first-order valence-electron chi connectivity index (χ1n) is 6.84. The fraction of sp³-hybridized carbons (Fsp3) is 0.235. The molecular formula is C17H18O4. The van der Waals surface area contributed by atoms with Gasteiger partial charge in [0, 0.05) is 6.42 Å². The smallest absolute Gasteiger partial charge is 0.303 e. The first-order chi connectivity index (χ1) is 10.0. The summed E-state index contributed by atoms with van der Waals surface area (Å²) >= 11 is 0. The summed E-state index contributed by atoms with van der Waals surface area (Å²) in [6, 6.07) is 12.3. The van der Waals surface area contributed by atoms with Crippen molar-refractivity contribution in [3.05, 3.63) is 59.2 Å². The molecule has 3 N–H and O–H groups in total. The molecule has 0 aromatic heterocycles. The first kappa shape index (κ1) is 14.9. The highest BCUT2D eigenvalue weighted by Gasteiger charge is 2.04. The molecule has 0 unspecified atom stereocenters. The summed E-state index contributed by atoms with van der Waals surface area (Å²) in [5, 5.41) is 27.8. The van der Waals surface area contributed by atoms with Gasteiger partial charge in [-0.15, -0.1) is 0 Å². The summed E-state index contributed by atoms with van der Waals surface area (Å²) in [6.07, 6.45) is 1.92. The third-order valence-corrected chi connectivity index (χ3v) is 3.28. The fourth-order valence-electron chi connectivity index (χ4n) is 2.28. The molecule has 0 heterocycles. The largest absolute Gasteiger partial charge is 0.508 e. The standard InChI is InChI=1S/C17H18O4/c18-15-3-1-2-12(9-15)4-5-13-8-14(6-7-17(20)21)11-16(19)10-13/h1-3,8-11,18-19H,4-7H2,(H,20,21). The first-order valence-corrected chi connectivity index (χ1v) is 6.84. The van der Waals surface area contributed by atoms with Crippen LogP contribution in [0, 0.1) is 0 Å². The Kier molecular flexibility index (Phi) is 4.82. The molecule has 0 atom stereocenters. The fourth-order valence-corrected chi connectivity index (χ4v) is 2.28. The van der Waals surface area contributed by atoms with Gasteiger partial charge < -0.3 is 15.3 Å². The van der Waals surface area contributed by atoms with Gasteiger partial charge in [0.25, 0.3) is 0 Å². The lowest BCUT2D eigenvalue weighted by Crippen LogP contribution is -1.99. The quantitative estimate of drug-likeness (QED) is 0.763. The molecule has 0 aliphatic heterocycles.